The summed E-state index contributed by atoms with van der Waals surface area (Å²) in [6.07, 6.45) is 8.94. The van der Waals surface area contributed by atoms with Gasteiger partial charge in [0.15, 0.2) is 0 Å². The second-order valence-electron chi connectivity index (χ2n) is 3.76. The number of rotatable bonds is 4. The first-order chi connectivity index (χ1) is 6.34. The van der Waals surface area contributed by atoms with Crippen molar-refractivity contribution in [2.75, 3.05) is 6.61 Å². The SMILES string of the molecule is CCCC/C=C(\C)[Si]1CCCCO1. The van der Waals surface area contributed by atoms with E-state index in [1.54, 1.807) is 5.20 Å². The van der Waals surface area contributed by atoms with Crippen molar-refractivity contribution in [3.8, 4) is 0 Å². The fraction of sp³-hybridized carbons (Fsp3) is 0.818. The Labute approximate surface area is 83.9 Å². The molecule has 0 N–H and O–H groups in total. The second kappa shape index (κ2) is 6.38. The van der Waals surface area contributed by atoms with E-state index >= 15 is 0 Å². The van der Waals surface area contributed by atoms with Crippen LogP contribution in [0.4, 0.5) is 0 Å². The molecule has 0 bridgehead atoms. The quantitative estimate of drug-likeness (QED) is 0.495. The van der Waals surface area contributed by atoms with Crippen LogP contribution in [0.25, 0.3) is 0 Å². The van der Waals surface area contributed by atoms with Crippen molar-refractivity contribution >= 4 is 9.04 Å². The van der Waals surface area contributed by atoms with Gasteiger partial charge < -0.3 is 4.43 Å². The van der Waals surface area contributed by atoms with Gasteiger partial charge >= 0.3 is 0 Å². The maximum atomic E-state index is 5.80. The Balaban J connectivity index is 2.27. The third kappa shape index (κ3) is 4.10. The normalized spacial score (nSPS) is 20.6. The van der Waals surface area contributed by atoms with E-state index in [4.69, 9.17) is 4.43 Å². The van der Waals surface area contributed by atoms with Crippen LogP contribution < -0.4 is 0 Å². The summed E-state index contributed by atoms with van der Waals surface area (Å²) < 4.78 is 5.80. The molecule has 0 aromatic carbocycles. The molecule has 1 nitrogen and oxygen atoms in total. The highest BCUT2D eigenvalue weighted by atomic mass is 28.3. The fourth-order valence-corrected chi connectivity index (χ4v) is 3.70. The fourth-order valence-electron chi connectivity index (χ4n) is 1.60. The Morgan fingerprint density at radius 3 is 2.92 bits per heavy atom. The molecule has 1 aliphatic rings. The van der Waals surface area contributed by atoms with Gasteiger partial charge in [-0.1, -0.05) is 37.5 Å². The maximum Gasteiger partial charge on any atom is 0.241 e. The Morgan fingerprint density at radius 1 is 1.46 bits per heavy atom. The zero-order valence-corrected chi connectivity index (χ0v) is 9.94. The van der Waals surface area contributed by atoms with Gasteiger partial charge in [0.25, 0.3) is 0 Å². The summed E-state index contributed by atoms with van der Waals surface area (Å²) in [6.45, 7) is 5.51. The highest BCUT2D eigenvalue weighted by molar-refractivity contribution is 6.60. The second-order valence-corrected chi connectivity index (χ2v) is 6.18. The zero-order valence-electron chi connectivity index (χ0n) is 8.94. The van der Waals surface area contributed by atoms with E-state index in [-0.39, 0.29) is 0 Å². The average molecular weight is 197 g/mol. The summed E-state index contributed by atoms with van der Waals surface area (Å²) in [6, 6.07) is 1.33. The van der Waals surface area contributed by atoms with Crippen molar-refractivity contribution in [2.24, 2.45) is 0 Å². The van der Waals surface area contributed by atoms with Crippen LogP contribution in [0.5, 0.6) is 0 Å². The van der Waals surface area contributed by atoms with Crippen molar-refractivity contribution in [2.45, 2.75) is 52.0 Å². The highest BCUT2D eigenvalue weighted by Crippen LogP contribution is 2.17. The number of hydrogen-bond acceptors (Lipinski definition) is 1. The summed E-state index contributed by atoms with van der Waals surface area (Å²) >= 11 is 0. The standard InChI is InChI=1S/C11H21OSi/c1-3-4-5-8-11(2)13-10-7-6-9-12-13/h8H,3-7,9-10H2,1-2H3/b11-8+. The monoisotopic (exact) mass is 197 g/mol. The Kier molecular flexibility index (Phi) is 5.40. The minimum atomic E-state index is -0.545. The van der Waals surface area contributed by atoms with Gasteiger partial charge in [-0.3, -0.25) is 0 Å². The molecule has 0 aromatic rings. The summed E-state index contributed by atoms with van der Waals surface area (Å²) in [5.41, 5.74) is 0. The molecule has 1 aliphatic heterocycles. The molecule has 0 saturated carbocycles. The lowest BCUT2D eigenvalue weighted by Crippen LogP contribution is -2.24. The molecule has 0 aliphatic carbocycles. The lowest BCUT2D eigenvalue weighted by Gasteiger charge is -2.20. The molecule has 0 aromatic heterocycles. The van der Waals surface area contributed by atoms with Crippen molar-refractivity contribution in [3.63, 3.8) is 0 Å². The van der Waals surface area contributed by atoms with Crippen molar-refractivity contribution < 1.29 is 4.43 Å². The molecule has 0 unspecified atom stereocenters. The van der Waals surface area contributed by atoms with Gasteiger partial charge in [-0.25, -0.2) is 0 Å². The summed E-state index contributed by atoms with van der Waals surface area (Å²) in [7, 11) is -0.545. The Hall–Kier alpha value is -0.0831. The highest BCUT2D eigenvalue weighted by Gasteiger charge is 2.18. The summed E-state index contributed by atoms with van der Waals surface area (Å²) in [5, 5.41) is 1.55. The topological polar surface area (TPSA) is 9.23 Å². The molecule has 1 radical (unpaired) electrons. The van der Waals surface area contributed by atoms with Crippen molar-refractivity contribution in [1.29, 1.82) is 0 Å². The minimum Gasteiger partial charge on any atom is -0.412 e. The van der Waals surface area contributed by atoms with Crippen LogP contribution in [-0.2, 0) is 4.43 Å². The molecule has 1 rings (SSSR count). The predicted octanol–water partition coefficient (Wildman–Crippen LogP) is 3.46. The molecule has 1 saturated heterocycles. The Morgan fingerprint density at radius 2 is 2.31 bits per heavy atom. The molecule has 2 heteroatoms. The smallest absolute Gasteiger partial charge is 0.241 e. The van der Waals surface area contributed by atoms with Gasteiger partial charge in [-0.15, -0.1) is 0 Å². The van der Waals surface area contributed by atoms with Crippen LogP contribution in [0.1, 0.15) is 46.0 Å². The van der Waals surface area contributed by atoms with Crippen LogP contribution in [0.2, 0.25) is 6.04 Å². The van der Waals surface area contributed by atoms with Crippen LogP contribution in [0.3, 0.4) is 0 Å². The molecule has 0 atom stereocenters. The largest absolute Gasteiger partial charge is 0.412 e. The van der Waals surface area contributed by atoms with Gasteiger partial charge in [-0.2, -0.15) is 0 Å². The number of allylic oxidation sites excluding steroid dienone is 2. The van der Waals surface area contributed by atoms with Crippen LogP contribution in [-0.4, -0.2) is 15.6 Å². The third-order valence-electron chi connectivity index (χ3n) is 2.52. The van der Waals surface area contributed by atoms with Crippen molar-refractivity contribution in [3.05, 3.63) is 11.3 Å². The van der Waals surface area contributed by atoms with E-state index in [1.165, 1.54) is 38.1 Å². The van der Waals surface area contributed by atoms with E-state index < -0.39 is 9.04 Å². The third-order valence-corrected chi connectivity index (χ3v) is 4.97. The van der Waals surface area contributed by atoms with Crippen molar-refractivity contribution in [1.82, 2.24) is 0 Å². The van der Waals surface area contributed by atoms with E-state index in [0.717, 1.165) is 6.61 Å². The minimum absolute atomic E-state index is 0.545. The Bertz CT molecular complexity index is 159. The number of unbranched alkanes of at least 4 members (excludes halogenated alkanes) is 2. The van der Waals surface area contributed by atoms with Crippen LogP contribution in [0.15, 0.2) is 11.3 Å². The molecule has 13 heavy (non-hydrogen) atoms. The lowest BCUT2D eigenvalue weighted by molar-refractivity contribution is 0.292. The predicted molar refractivity (Wildman–Crippen MR) is 59.0 cm³/mol. The van der Waals surface area contributed by atoms with Gasteiger partial charge in [0.1, 0.15) is 0 Å². The van der Waals surface area contributed by atoms with Gasteiger partial charge in [0.05, 0.1) is 0 Å². The molecular weight excluding hydrogens is 176 g/mol. The van der Waals surface area contributed by atoms with Crippen LogP contribution in [0, 0.1) is 0 Å². The molecule has 75 valence electrons. The molecule has 0 amide bonds. The maximum absolute atomic E-state index is 5.80. The summed E-state index contributed by atoms with van der Waals surface area (Å²) in [5.74, 6) is 0. The lowest BCUT2D eigenvalue weighted by atomic mass is 10.2. The van der Waals surface area contributed by atoms with E-state index in [1.807, 2.05) is 0 Å². The van der Waals surface area contributed by atoms with Gasteiger partial charge in [-0.05, 0) is 25.8 Å². The van der Waals surface area contributed by atoms with E-state index in [2.05, 4.69) is 19.9 Å². The molecule has 1 fully saturated rings. The average Bonchev–Trinajstić information content (AvgIpc) is 2.19. The van der Waals surface area contributed by atoms with Crippen LogP contribution >= 0.6 is 0 Å². The first-order valence-corrected chi connectivity index (χ1v) is 7.12. The summed E-state index contributed by atoms with van der Waals surface area (Å²) in [4.78, 5) is 0. The molecular formula is C11H21OSi. The van der Waals surface area contributed by atoms with E-state index in [9.17, 15) is 0 Å². The van der Waals surface area contributed by atoms with Gasteiger partial charge in [0.2, 0.25) is 9.04 Å². The molecule has 0 spiro atoms. The molecule has 1 heterocycles. The van der Waals surface area contributed by atoms with E-state index in [0.29, 0.717) is 0 Å². The first kappa shape index (κ1) is 11.0. The number of hydrogen-bond donors (Lipinski definition) is 0. The zero-order chi connectivity index (χ0) is 9.52. The first-order valence-electron chi connectivity index (χ1n) is 5.50. The van der Waals surface area contributed by atoms with Gasteiger partial charge in [0, 0.05) is 6.61 Å².